The number of nitrogens with one attached hydrogen (secondary N) is 1. The SMILES string of the molecule is Cc1cc(C)nc(NC(=O)c2csc3cncnc23)c1. The molecule has 0 radical (unpaired) electrons. The molecule has 3 aromatic rings. The summed E-state index contributed by atoms with van der Waals surface area (Å²) in [6.07, 6.45) is 3.15. The summed E-state index contributed by atoms with van der Waals surface area (Å²) in [5, 5.41) is 4.60. The van der Waals surface area contributed by atoms with Gasteiger partial charge in [-0.25, -0.2) is 15.0 Å². The zero-order valence-electron chi connectivity index (χ0n) is 11.0. The Hall–Kier alpha value is -2.34. The number of hydrogen-bond donors (Lipinski definition) is 1. The summed E-state index contributed by atoms with van der Waals surface area (Å²) >= 11 is 1.45. The highest BCUT2D eigenvalue weighted by Gasteiger charge is 2.14. The van der Waals surface area contributed by atoms with Crippen LogP contribution in [0.4, 0.5) is 5.82 Å². The first-order valence-corrected chi connectivity index (χ1v) is 6.95. The molecule has 0 atom stereocenters. The third-order valence-corrected chi connectivity index (χ3v) is 3.73. The van der Waals surface area contributed by atoms with E-state index in [2.05, 4.69) is 20.3 Å². The molecular formula is C14H12N4OS. The molecule has 0 bridgehead atoms. The maximum absolute atomic E-state index is 12.3. The van der Waals surface area contributed by atoms with Gasteiger partial charge in [-0.3, -0.25) is 4.79 Å². The minimum atomic E-state index is -0.201. The van der Waals surface area contributed by atoms with Crippen molar-refractivity contribution in [3.63, 3.8) is 0 Å². The highest BCUT2D eigenvalue weighted by Crippen LogP contribution is 2.23. The molecule has 1 amide bonds. The Kier molecular flexibility index (Phi) is 3.15. The second-order valence-electron chi connectivity index (χ2n) is 4.51. The van der Waals surface area contributed by atoms with Crippen LogP contribution in [0.3, 0.4) is 0 Å². The molecule has 0 saturated carbocycles. The Bertz CT molecular complexity index is 776. The highest BCUT2D eigenvalue weighted by molar-refractivity contribution is 7.17. The summed E-state index contributed by atoms with van der Waals surface area (Å²) in [6.45, 7) is 3.87. The van der Waals surface area contributed by atoms with Crippen LogP contribution in [0.1, 0.15) is 21.6 Å². The van der Waals surface area contributed by atoms with Crippen molar-refractivity contribution in [2.45, 2.75) is 13.8 Å². The zero-order chi connectivity index (χ0) is 14.1. The summed E-state index contributed by atoms with van der Waals surface area (Å²) in [5.41, 5.74) is 3.16. The maximum Gasteiger partial charge on any atom is 0.259 e. The molecule has 0 fully saturated rings. The lowest BCUT2D eigenvalue weighted by Gasteiger charge is -2.05. The topological polar surface area (TPSA) is 67.8 Å². The van der Waals surface area contributed by atoms with Gasteiger partial charge in [-0.2, -0.15) is 0 Å². The standard InChI is InChI=1S/C14H12N4OS/c1-8-3-9(2)17-12(4-8)18-14(19)10-6-20-11-5-15-7-16-13(10)11/h3-7H,1-2H3,(H,17,18,19). The van der Waals surface area contributed by atoms with Gasteiger partial charge in [-0.05, 0) is 31.5 Å². The summed E-state index contributed by atoms with van der Waals surface area (Å²) in [4.78, 5) is 24.7. The first kappa shape index (κ1) is 12.7. The Morgan fingerprint density at radius 3 is 2.95 bits per heavy atom. The second kappa shape index (κ2) is 4.97. The lowest BCUT2D eigenvalue weighted by molar-refractivity contribution is 0.102. The van der Waals surface area contributed by atoms with Gasteiger partial charge in [0.15, 0.2) is 0 Å². The van der Waals surface area contributed by atoms with Crippen molar-refractivity contribution in [2.24, 2.45) is 0 Å². The van der Waals surface area contributed by atoms with Crippen molar-refractivity contribution in [2.75, 3.05) is 5.32 Å². The van der Waals surface area contributed by atoms with Crippen LogP contribution in [0.5, 0.6) is 0 Å². The van der Waals surface area contributed by atoms with Gasteiger partial charge >= 0.3 is 0 Å². The van der Waals surface area contributed by atoms with Gasteiger partial charge in [-0.15, -0.1) is 11.3 Å². The van der Waals surface area contributed by atoms with E-state index >= 15 is 0 Å². The Labute approximate surface area is 119 Å². The van der Waals surface area contributed by atoms with E-state index in [0.717, 1.165) is 16.0 Å². The molecule has 0 aliphatic rings. The molecule has 3 aromatic heterocycles. The zero-order valence-corrected chi connectivity index (χ0v) is 11.9. The van der Waals surface area contributed by atoms with Crippen LogP contribution in [-0.2, 0) is 0 Å². The van der Waals surface area contributed by atoms with Crippen LogP contribution >= 0.6 is 11.3 Å². The number of carbonyl (C=O) groups excluding carboxylic acids is 1. The minimum absolute atomic E-state index is 0.201. The molecule has 3 heterocycles. The number of anilines is 1. The Balaban J connectivity index is 1.93. The first-order valence-electron chi connectivity index (χ1n) is 6.07. The lowest BCUT2D eigenvalue weighted by Crippen LogP contribution is -2.13. The monoisotopic (exact) mass is 284 g/mol. The molecule has 6 heteroatoms. The van der Waals surface area contributed by atoms with Gasteiger partial charge in [0.2, 0.25) is 0 Å². The lowest BCUT2D eigenvalue weighted by atomic mass is 10.2. The fraction of sp³-hybridized carbons (Fsp3) is 0.143. The molecule has 5 nitrogen and oxygen atoms in total. The Morgan fingerprint density at radius 2 is 2.15 bits per heavy atom. The van der Waals surface area contributed by atoms with Crippen molar-refractivity contribution < 1.29 is 4.79 Å². The molecule has 0 spiro atoms. The molecular weight excluding hydrogens is 272 g/mol. The number of thiophene rings is 1. The van der Waals surface area contributed by atoms with Gasteiger partial charge in [0.25, 0.3) is 5.91 Å². The van der Waals surface area contributed by atoms with E-state index in [1.807, 2.05) is 26.0 Å². The average Bonchev–Trinajstić information content (AvgIpc) is 2.81. The molecule has 0 aliphatic heterocycles. The molecule has 0 unspecified atom stereocenters. The van der Waals surface area contributed by atoms with E-state index in [1.165, 1.54) is 17.7 Å². The maximum atomic E-state index is 12.3. The summed E-state index contributed by atoms with van der Waals surface area (Å²) < 4.78 is 0.894. The third-order valence-electron chi connectivity index (χ3n) is 2.82. The van der Waals surface area contributed by atoms with Gasteiger partial charge < -0.3 is 5.32 Å². The number of nitrogens with zero attached hydrogens (tertiary/aromatic N) is 3. The van der Waals surface area contributed by atoms with E-state index in [4.69, 9.17) is 0 Å². The largest absolute Gasteiger partial charge is 0.306 e. The van der Waals surface area contributed by atoms with E-state index in [9.17, 15) is 4.79 Å². The molecule has 100 valence electrons. The van der Waals surface area contributed by atoms with Crippen molar-refractivity contribution in [1.29, 1.82) is 0 Å². The van der Waals surface area contributed by atoms with E-state index in [0.29, 0.717) is 16.9 Å². The van der Waals surface area contributed by atoms with E-state index in [1.54, 1.807) is 11.6 Å². The first-order chi connectivity index (χ1) is 9.63. The number of pyridine rings is 1. The second-order valence-corrected chi connectivity index (χ2v) is 5.42. The van der Waals surface area contributed by atoms with E-state index in [-0.39, 0.29) is 5.91 Å². The van der Waals surface area contributed by atoms with Gasteiger partial charge in [0, 0.05) is 17.3 Å². The fourth-order valence-corrected chi connectivity index (χ4v) is 2.89. The number of carbonyl (C=O) groups is 1. The van der Waals surface area contributed by atoms with Crippen LogP contribution in [0.15, 0.2) is 30.0 Å². The molecule has 1 N–H and O–H groups in total. The summed E-state index contributed by atoms with van der Waals surface area (Å²) in [5.74, 6) is 0.355. The van der Waals surface area contributed by atoms with Crippen molar-refractivity contribution in [3.8, 4) is 0 Å². The molecule has 20 heavy (non-hydrogen) atoms. The molecule has 0 saturated heterocycles. The average molecular weight is 284 g/mol. The number of amides is 1. The van der Waals surface area contributed by atoms with Gasteiger partial charge in [0.05, 0.1) is 15.8 Å². The van der Waals surface area contributed by atoms with Crippen LogP contribution in [-0.4, -0.2) is 20.9 Å². The quantitative estimate of drug-likeness (QED) is 0.785. The van der Waals surface area contributed by atoms with Crippen molar-refractivity contribution >= 4 is 33.3 Å². The normalized spacial score (nSPS) is 10.7. The van der Waals surface area contributed by atoms with Gasteiger partial charge in [0.1, 0.15) is 12.1 Å². The predicted molar refractivity (Wildman–Crippen MR) is 79.1 cm³/mol. The van der Waals surface area contributed by atoms with Crippen LogP contribution < -0.4 is 5.32 Å². The number of aromatic nitrogens is 3. The predicted octanol–water partition coefficient (Wildman–Crippen LogP) is 2.96. The highest BCUT2D eigenvalue weighted by atomic mass is 32.1. The van der Waals surface area contributed by atoms with Crippen molar-refractivity contribution in [1.82, 2.24) is 15.0 Å². The third kappa shape index (κ3) is 2.37. The summed E-state index contributed by atoms with van der Waals surface area (Å²) in [6, 6.07) is 3.80. The fourth-order valence-electron chi connectivity index (χ4n) is 2.03. The van der Waals surface area contributed by atoms with Gasteiger partial charge in [-0.1, -0.05) is 0 Å². The molecule has 0 aromatic carbocycles. The van der Waals surface area contributed by atoms with Crippen LogP contribution in [0.2, 0.25) is 0 Å². The Morgan fingerprint density at radius 1 is 1.30 bits per heavy atom. The molecule has 0 aliphatic carbocycles. The van der Waals surface area contributed by atoms with Crippen molar-refractivity contribution in [3.05, 3.63) is 46.9 Å². The van der Waals surface area contributed by atoms with Crippen LogP contribution in [0, 0.1) is 13.8 Å². The number of fused-ring (bicyclic) bond motifs is 1. The number of rotatable bonds is 2. The van der Waals surface area contributed by atoms with E-state index < -0.39 is 0 Å². The number of hydrogen-bond acceptors (Lipinski definition) is 5. The molecule has 3 rings (SSSR count). The minimum Gasteiger partial charge on any atom is -0.306 e. The smallest absolute Gasteiger partial charge is 0.259 e. The summed E-state index contributed by atoms with van der Waals surface area (Å²) in [7, 11) is 0. The van der Waals surface area contributed by atoms with Crippen LogP contribution in [0.25, 0.3) is 10.2 Å². The number of aryl methyl sites for hydroxylation is 2.